The molecule has 1 aliphatic rings. The van der Waals surface area contributed by atoms with Crippen LogP contribution < -0.4 is 0 Å². The third kappa shape index (κ3) is 4.47. The van der Waals surface area contributed by atoms with Gasteiger partial charge >= 0.3 is 6.16 Å². The summed E-state index contributed by atoms with van der Waals surface area (Å²) in [4.78, 5) is 13.1. The summed E-state index contributed by atoms with van der Waals surface area (Å²) < 4.78 is 16.2. The van der Waals surface area contributed by atoms with E-state index in [1.807, 2.05) is 12.1 Å². The van der Waals surface area contributed by atoms with Gasteiger partial charge in [-0.3, -0.25) is 4.90 Å². The highest BCUT2D eigenvalue weighted by molar-refractivity contribution is 9.10. The Morgan fingerprint density at radius 3 is 2.90 bits per heavy atom. The minimum absolute atomic E-state index is 0.0648. The summed E-state index contributed by atoms with van der Waals surface area (Å²) in [6.45, 7) is 3.34. The van der Waals surface area contributed by atoms with Gasteiger partial charge in [-0.2, -0.15) is 0 Å². The number of hydrogen-bond donors (Lipinski definition) is 0. The lowest BCUT2D eigenvalue weighted by molar-refractivity contribution is -0.0363. The van der Waals surface area contributed by atoms with Crippen molar-refractivity contribution in [2.75, 3.05) is 40.0 Å². The standard InChI is InChI=1S/C14H18BrNO4/c1-18-14(17)20-9-7-16-6-8-19-13(10-16)11-2-4-12(15)5-3-11/h2-5,13H,6-10H2,1H3. The van der Waals surface area contributed by atoms with Crippen LogP contribution >= 0.6 is 15.9 Å². The zero-order valence-corrected chi connectivity index (χ0v) is 13.0. The molecule has 6 heteroatoms. The quantitative estimate of drug-likeness (QED) is 0.786. The van der Waals surface area contributed by atoms with Gasteiger partial charge in [0.25, 0.3) is 0 Å². The third-order valence-electron chi connectivity index (χ3n) is 3.19. The summed E-state index contributed by atoms with van der Waals surface area (Å²) in [5.74, 6) is 0. The van der Waals surface area contributed by atoms with Gasteiger partial charge in [0.15, 0.2) is 0 Å². The van der Waals surface area contributed by atoms with Crippen LogP contribution in [0.1, 0.15) is 11.7 Å². The molecule has 0 amide bonds. The smallest absolute Gasteiger partial charge is 0.438 e. The first-order valence-electron chi connectivity index (χ1n) is 6.49. The molecule has 1 heterocycles. The lowest BCUT2D eigenvalue weighted by atomic mass is 10.1. The Morgan fingerprint density at radius 1 is 1.45 bits per heavy atom. The number of ether oxygens (including phenoxy) is 3. The second kappa shape index (κ2) is 7.61. The van der Waals surface area contributed by atoms with Gasteiger partial charge < -0.3 is 14.2 Å². The number of morpholine rings is 1. The highest BCUT2D eigenvalue weighted by atomic mass is 79.9. The highest BCUT2D eigenvalue weighted by Crippen LogP contribution is 2.23. The van der Waals surface area contributed by atoms with E-state index in [0.29, 0.717) is 19.8 Å². The van der Waals surface area contributed by atoms with Gasteiger partial charge in [-0.05, 0) is 17.7 Å². The van der Waals surface area contributed by atoms with Crippen molar-refractivity contribution in [3.05, 3.63) is 34.3 Å². The SMILES string of the molecule is COC(=O)OCCN1CCOC(c2ccc(Br)cc2)C1. The Kier molecular flexibility index (Phi) is 5.82. The van der Waals surface area contributed by atoms with Crippen LogP contribution in [0, 0.1) is 0 Å². The highest BCUT2D eigenvalue weighted by Gasteiger charge is 2.21. The summed E-state index contributed by atoms with van der Waals surface area (Å²) in [6, 6.07) is 8.14. The van der Waals surface area contributed by atoms with Crippen molar-refractivity contribution in [1.29, 1.82) is 0 Å². The zero-order chi connectivity index (χ0) is 14.4. The van der Waals surface area contributed by atoms with E-state index in [1.165, 1.54) is 7.11 Å². The van der Waals surface area contributed by atoms with Crippen LogP contribution in [0.3, 0.4) is 0 Å². The van der Waals surface area contributed by atoms with Gasteiger partial charge in [0.1, 0.15) is 6.61 Å². The molecule has 2 rings (SSSR count). The normalized spacial score (nSPS) is 19.6. The molecule has 0 spiro atoms. The number of methoxy groups -OCH3 is 1. The Morgan fingerprint density at radius 2 is 2.20 bits per heavy atom. The van der Waals surface area contributed by atoms with E-state index in [0.717, 1.165) is 23.1 Å². The predicted molar refractivity (Wildman–Crippen MR) is 77.6 cm³/mol. The Hall–Kier alpha value is -1.11. The number of hydrogen-bond acceptors (Lipinski definition) is 5. The van der Waals surface area contributed by atoms with Crippen molar-refractivity contribution >= 4 is 22.1 Å². The van der Waals surface area contributed by atoms with Gasteiger partial charge in [-0.25, -0.2) is 4.79 Å². The maximum absolute atomic E-state index is 10.9. The van der Waals surface area contributed by atoms with E-state index in [4.69, 9.17) is 9.47 Å². The minimum atomic E-state index is -0.636. The lowest BCUT2D eigenvalue weighted by Gasteiger charge is -2.32. The molecule has 0 aromatic heterocycles. The largest absolute Gasteiger partial charge is 0.508 e. The monoisotopic (exact) mass is 343 g/mol. The van der Waals surface area contributed by atoms with E-state index in [-0.39, 0.29) is 6.10 Å². The van der Waals surface area contributed by atoms with Crippen molar-refractivity contribution in [3.63, 3.8) is 0 Å². The van der Waals surface area contributed by atoms with E-state index in [1.54, 1.807) is 0 Å². The minimum Gasteiger partial charge on any atom is -0.438 e. The number of carbonyl (C=O) groups is 1. The fraction of sp³-hybridized carbons (Fsp3) is 0.500. The summed E-state index contributed by atoms with van der Waals surface area (Å²) in [7, 11) is 1.31. The predicted octanol–water partition coefficient (Wildman–Crippen LogP) is 2.61. The molecule has 1 aromatic rings. The average Bonchev–Trinajstić information content (AvgIpc) is 2.48. The molecular weight excluding hydrogens is 326 g/mol. The van der Waals surface area contributed by atoms with E-state index >= 15 is 0 Å². The molecule has 0 saturated carbocycles. The van der Waals surface area contributed by atoms with Crippen LogP contribution in [-0.4, -0.2) is 51.0 Å². The molecule has 0 N–H and O–H groups in total. The van der Waals surface area contributed by atoms with Gasteiger partial charge in [-0.1, -0.05) is 28.1 Å². The van der Waals surface area contributed by atoms with Crippen molar-refractivity contribution in [1.82, 2.24) is 4.90 Å². The molecule has 0 radical (unpaired) electrons. The van der Waals surface area contributed by atoms with Crippen LogP contribution in [0.5, 0.6) is 0 Å². The first kappa shape index (κ1) is 15.3. The molecule has 1 aliphatic heterocycles. The number of halogens is 1. The van der Waals surface area contributed by atoms with Crippen LogP contribution in [-0.2, 0) is 14.2 Å². The second-order valence-electron chi connectivity index (χ2n) is 4.51. The lowest BCUT2D eigenvalue weighted by Crippen LogP contribution is -2.40. The number of rotatable bonds is 4. The summed E-state index contributed by atoms with van der Waals surface area (Å²) in [5, 5.41) is 0. The summed E-state index contributed by atoms with van der Waals surface area (Å²) in [5.41, 5.74) is 1.16. The molecule has 1 unspecified atom stereocenters. The number of benzene rings is 1. The second-order valence-corrected chi connectivity index (χ2v) is 5.43. The molecule has 1 fully saturated rings. The third-order valence-corrected chi connectivity index (χ3v) is 3.72. The maximum Gasteiger partial charge on any atom is 0.508 e. The van der Waals surface area contributed by atoms with Crippen molar-refractivity contribution in [3.8, 4) is 0 Å². The van der Waals surface area contributed by atoms with Crippen LogP contribution in [0.4, 0.5) is 4.79 Å². The van der Waals surface area contributed by atoms with Crippen molar-refractivity contribution in [2.45, 2.75) is 6.10 Å². The Bertz CT molecular complexity index is 437. The molecule has 1 saturated heterocycles. The first-order valence-corrected chi connectivity index (χ1v) is 7.28. The molecule has 1 aromatic carbocycles. The maximum atomic E-state index is 10.9. The molecule has 0 aliphatic carbocycles. The fourth-order valence-electron chi connectivity index (χ4n) is 2.10. The molecule has 20 heavy (non-hydrogen) atoms. The summed E-state index contributed by atoms with van der Waals surface area (Å²) >= 11 is 3.42. The first-order chi connectivity index (χ1) is 9.69. The fourth-order valence-corrected chi connectivity index (χ4v) is 2.37. The van der Waals surface area contributed by atoms with Crippen molar-refractivity contribution < 1.29 is 19.0 Å². The van der Waals surface area contributed by atoms with Gasteiger partial charge in [0.05, 0.1) is 19.8 Å². The summed E-state index contributed by atoms with van der Waals surface area (Å²) in [6.07, 6.45) is -0.572. The zero-order valence-electron chi connectivity index (χ0n) is 11.4. The van der Waals surface area contributed by atoms with E-state index in [2.05, 4.69) is 37.7 Å². The Labute approximate surface area is 126 Å². The molecule has 5 nitrogen and oxygen atoms in total. The topological polar surface area (TPSA) is 48.0 Å². The molecule has 110 valence electrons. The van der Waals surface area contributed by atoms with Crippen LogP contribution in [0.25, 0.3) is 0 Å². The molecule has 1 atom stereocenters. The van der Waals surface area contributed by atoms with E-state index < -0.39 is 6.16 Å². The van der Waals surface area contributed by atoms with Gasteiger partial charge in [0, 0.05) is 24.1 Å². The number of carbonyl (C=O) groups excluding carboxylic acids is 1. The average molecular weight is 344 g/mol. The Balaban J connectivity index is 1.82. The number of nitrogens with zero attached hydrogens (tertiary/aromatic N) is 1. The van der Waals surface area contributed by atoms with E-state index in [9.17, 15) is 4.79 Å². The molecule has 0 bridgehead atoms. The molecular formula is C14H18BrNO4. The van der Waals surface area contributed by atoms with Crippen LogP contribution in [0.2, 0.25) is 0 Å². The van der Waals surface area contributed by atoms with Gasteiger partial charge in [-0.15, -0.1) is 0 Å². The van der Waals surface area contributed by atoms with Gasteiger partial charge in [0.2, 0.25) is 0 Å². The van der Waals surface area contributed by atoms with Crippen molar-refractivity contribution in [2.24, 2.45) is 0 Å². The van der Waals surface area contributed by atoms with Crippen LogP contribution in [0.15, 0.2) is 28.7 Å².